The molecule has 136 valence electrons. The molecule has 5 nitrogen and oxygen atoms in total. The second kappa shape index (κ2) is 7.36. The fraction of sp³-hybridized carbons (Fsp3) is 0.235. The van der Waals surface area contributed by atoms with Crippen molar-refractivity contribution in [3.63, 3.8) is 0 Å². The van der Waals surface area contributed by atoms with Crippen LogP contribution in [-0.2, 0) is 11.9 Å². The number of hydrogen-bond donors (Lipinski definition) is 0. The number of benzene rings is 2. The van der Waals surface area contributed by atoms with Crippen molar-refractivity contribution in [2.45, 2.75) is 24.0 Å². The van der Waals surface area contributed by atoms with Gasteiger partial charge in [0.05, 0.1) is 12.7 Å². The van der Waals surface area contributed by atoms with Crippen molar-refractivity contribution in [1.29, 1.82) is 0 Å². The van der Waals surface area contributed by atoms with E-state index in [9.17, 15) is 13.2 Å². The average molecular weight is 380 g/mol. The van der Waals surface area contributed by atoms with Crippen LogP contribution in [0.2, 0.25) is 0 Å². The van der Waals surface area contributed by atoms with Gasteiger partial charge in [0, 0.05) is 5.75 Å². The summed E-state index contributed by atoms with van der Waals surface area (Å²) in [7, 11) is 1.53. The number of hydrogen-bond acceptors (Lipinski definition) is 5. The summed E-state index contributed by atoms with van der Waals surface area (Å²) in [5.41, 5.74) is 1.13. The minimum atomic E-state index is -4.40. The SMILES string of the molecule is COc1ccc(C)cc1-n1nnnc1SCc1ccccc1C(F)(F)F. The summed E-state index contributed by atoms with van der Waals surface area (Å²) in [4.78, 5) is 0. The summed E-state index contributed by atoms with van der Waals surface area (Å²) >= 11 is 1.13. The molecule has 2 aromatic carbocycles. The van der Waals surface area contributed by atoms with Gasteiger partial charge in [-0.15, -0.1) is 5.10 Å². The van der Waals surface area contributed by atoms with Crippen LogP contribution in [0.3, 0.4) is 0 Å². The molecule has 0 N–H and O–H groups in total. The summed E-state index contributed by atoms with van der Waals surface area (Å²) in [6, 6.07) is 11.0. The lowest BCUT2D eigenvalue weighted by Crippen LogP contribution is -2.08. The van der Waals surface area contributed by atoms with Crippen molar-refractivity contribution in [2.75, 3.05) is 7.11 Å². The van der Waals surface area contributed by atoms with Gasteiger partial charge >= 0.3 is 6.18 Å². The lowest BCUT2D eigenvalue weighted by Gasteiger charge is -2.13. The number of halogens is 3. The Morgan fingerprint density at radius 1 is 1.15 bits per heavy atom. The molecule has 9 heteroatoms. The number of ether oxygens (including phenoxy) is 1. The second-order valence-corrected chi connectivity index (χ2v) is 6.43. The van der Waals surface area contributed by atoms with Gasteiger partial charge < -0.3 is 4.74 Å². The molecule has 26 heavy (non-hydrogen) atoms. The zero-order valence-electron chi connectivity index (χ0n) is 14.0. The first-order chi connectivity index (χ1) is 12.4. The van der Waals surface area contributed by atoms with Gasteiger partial charge in [0.2, 0.25) is 5.16 Å². The summed E-state index contributed by atoms with van der Waals surface area (Å²) in [6.45, 7) is 1.92. The molecule has 0 spiro atoms. The molecular formula is C17H15F3N4OS. The quantitative estimate of drug-likeness (QED) is 0.618. The molecular weight excluding hydrogens is 365 g/mol. The van der Waals surface area contributed by atoms with Crippen LogP contribution < -0.4 is 4.74 Å². The van der Waals surface area contributed by atoms with Gasteiger partial charge in [-0.05, 0) is 46.7 Å². The fourth-order valence-corrected chi connectivity index (χ4v) is 3.34. The van der Waals surface area contributed by atoms with Crippen LogP contribution in [-0.4, -0.2) is 27.3 Å². The highest BCUT2D eigenvalue weighted by Crippen LogP contribution is 2.35. The van der Waals surface area contributed by atoms with E-state index in [0.29, 0.717) is 16.6 Å². The molecule has 0 radical (unpaired) electrons. The van der Waals surface area contributed by atoms with Gasteiger partial charge in [-0.1, -0.05) is 36.0 Å². The largest absolute Gasteiger partial charge is 0.494 e. The number of alkyl halides is 3. The maximum atomic E-state index is 13.1. The molecule has 0 bridgehead atoms. The first-order valence-electron chi connectivity index (χ1n) is 7.61. The lowest BCUT2D eigenvalue weighted by atomic mass is 10.1. The normalized spacial score (nSPS) is 11.6. The number of nitrogens with zero attached hydrogens (tertiary/aromatic N) is 4. The third-order valence-corrected chi connectivity index (χ3v) is 4.65. The molecule has 1 heterocycles. The summed E-state index contributed by atoms with van der Waals surface area (Å²) in [5.74, 6) is 0.657. The van der Waals surface area contributed by atoms with E-state index in [-0.39, 0.29) is 11.3 Å². The van der Waals surface area contributed by atoms with Gasteiger partial charge in [0.25, 0.3) is 0 Å². The Bertz CT molecular complexity index is 911. The van der Waals surface area contributed by atoms with Crippen LogP contribution in [0.4, 0.5) is 13.2 Å². The van der Waals surface area contributed by atoms with Gasteiger partial charge in [-0.2, -0.15) is 17.9 Å². The van der Waals surface area contributed by atoms with E-state index in [4.69, 9.17) is 4.74 Å². The highest BCUT2D eigenvalue weighted by atomic mass is 32.2. The van der Waals surface area contributed by atoms with Gasteiger partial charge in [0.1, 0.15) is 11.4 Å². The summed E-state index contributed by atoms with van der Waals surface area (Å²) in [5, 5.41) is 11.9. The predicted octanol–water partition coefficient (Wildman–Crippen LogP) is 4.29. The van der Waals surface area contributed by atoms with E-state index >= 15 is 0 Å². The van der Waals surface area contributed by atoms with E-state index in [2.05, 4.69) is 15.5 Å². The first-order valence-corrected chi connectivity index (χ1v) is 8.60. The van der Waals surface area contributed by atoms with Crippen molar-refractivity contribution in [2.24, 2.45) is 0 Å². The molecule has 0 saturated carbocycles. The number of aromatic nitrogens is 4. The maximum Gasteiger partial charge on any atom is 0.416 e. The summed E-state index contributed by atoms with van der Waals surface area (Å²) < 4.78 is 46.2. The Morgan fingerprint density at radius 2 is 1.92 bits per heavy atom. The molecule has 0 fully saturated rings. The molecule has 0 unspecified atom stereocenters. The number of aryl methyl sites for hydroxylation is 1. The average Bonchev–Trinajstić information content (AvgIpc) is 3.07. The van der Waals surface area contributed by atoms with Crippen LogP contribution in [0.15, 0.2) is 47.6 Å². The zero-order chi connectivity index (χ0) is 18.7. The molecule has 3 rings (SSSR count). The topological polar surface area (TPSA) is 52.8 Å². The molecule has 0 aliphatic heterocycles. The van der Waals surface area contributed by atoms with E-state index in [1.807, 2.05) is 19.1 Å². The number of methoxy groups -OCH3 is 1. The monoisotopic (exact) mass is 380 g/mol. The Hall–Kier alpha value is -2.55. The van der Waals surface area contributed by atoms with Crippen molar-refractivity contribution in [3.8, 4) is 11.4 Å². The minimum Gasteiger partial charge on any atom is -0.494 e. The van der Waals surface area contributed by atoms with E-state index in [1.54, 1.807) is 12.1 Å². The third-order valence-electron chi connectivity index (χ3n) is 3.68. The fourth-order valence-electron chi connectivity index (χ4n) is 2.45. The molecule has 0 saturated heterocycles. The van der Waals surface area contributed by atoms with Crippen LogP contribution in [0, 0.1) is 6.92 Å². The van der Waals surface area contributed by atoms with E-state index in [0.717, 1.165) is 23.4 Å². The van der Waals surface area contributed by atoms with E-state index in [1.165, 1.54) is 23.9 Å². The molecule has 0 amide bonds. The number of tetrazole rings is 1. The molecule has 3 aromatic rings. The minimum absolute atomic E-state index is 0.0875. The van der Waals surface area contributed by atoms with Crippen molar-refractivity contribution in [3.05, 3.63) is 59.2 Å². The van der Waals surface area contributed by atoms with Crippen molar-refractivity contribution >= 4 is 11.8 Å². The third kappa shape index (κ3) is 3.82. The molecule has 0 aliphatic carbocycles. The molecule has 0 aliphatic rings. The predicted molar refractivity (Wildman–Crippen MR) is 91.4 cm³/mol. The highest BCUT2D eigenvalue weighted by molar-refractivity contribution is 7.98. The Morgan fingerprint density at radius 3 is 2.65 bits per heavy atom. The number of thioether (sulfide) groups is 1. The second-order valence-electron chi connectivity index (χ2n) is 5.49. The van der Waals surface area contributed by atoms with E-state index < -0.39 is 11.7 Å². The standard InChI is InChI=1S/C17H15F3N4OS/c1-11-7-8-15(25-2)14(9-11)24-16(21-22-23-24)26-10-12-5-3-4-6-13(12)17(18,19)20/h3-9H,10H2,1-2H3. The maximum absolute atomic E-state index is 13.1. The van der Waals surface area contributed by atoms with Crippen LogP contribution in [0.5, 0.6) is 5.75 Å². The van der Waals surface area contributed by atoms with Gasteiger partial charge in [-0.3, -0.25) is 0 Å². The zero-order valence-corrected chi connectivity index (χ0v) is 14.8. The smallest absolute Gasteiger partial charge is 0.416 e. The Labute approximate surface area is 152 Å². The lowest BCUT2D eigenvalue weighted by molar-refractivity contribution is -0.138. The highest BCUT2D eigenvalue weighted by Gasteiger charge is 2.32. The Kier molecular flexibility index (Phi) is 5.17. The molecule has 0 atom stereocenters. The van der Waals surface area contributed by atoms with Crippen molar-refractivity contribution < 1.29 is 17.9 Å². The molecule has 1 aromatic heterocycles. The van der Waals surface area contributed by atoms with Crippen LogP contribution in [0.1, 0.15) is 16.7 Å². The Balaban J connectivity index is 1.89. The summed E-state index contributed by atoms with van der Waals surface area (Å²) in [6.07, 6.45) is -4.40. The van der Waals surface area contributed by atoms with Crippen molar-refractivity contribution in [1.82, 2.24) is 20.2 Å². The first kappa shape index (κ1) is 18.2. The van der Waals surface area contributed by atoms with Gasteiger partial charge in [0.15, 0.2) is 0 Å². The van der Waals surface area contributed by atoms with Crippen LogP contribution in [0.25, 0.3) is 5.69 Å². The van der Waals surface area contributed by atoms with Gasteiger partial charge in [-0.25, -0.2) is 0 Å². The number of rotatable bonds is 5. The van der Waals surface area contributed by atoms with Crippen LogP contribution >= 0.6 is 11.8 Å².